The number of ether oxygens (including phenoxy) is 1. The topological polar surface area (TPSA) is 90.4 Å². The van der Waals surface area contributed by atoms with E-state index in [2.05, 4.69) is 4.98 Å². The highest BCUT2D eigenvalue weighted by atomic mass is 32.2. The van der Waals surface area contributed by atoms with E-state index in [0.29, 0.717) is 5.75 Å². The van der Waals surface area contributed by atoms with E-state index in [9.17, 15) is 9.18 Å². The molecule has 6 nitrogen and oxygen atoms in total. The van der Waals surface area contributed by atoms with E-state index >= 15 is 0 Å². The zero-order valence-corrected chi connectivity index (χ0v) is 8.98. The molecule has 1 aliphatic rings. The van der Waals surface area contributed by atoms with Gasteiger partial charge in [0, 0.05) is 5.75 Å². The van der Waals surface area contributed by atoms with Gasteiger partial charge in [-0.05, 0) is 0 Å². The number of hydrogen-bond donors (Lipinski definition) is 2. The maximum absolute atomic E-state index is 13.1. The molecule has 0 spiro atoms. The second kappa shape index (κ2) is 4.40. The van der Waals surface area contributed by atoms with Gasteiger partial charge in [-0.25, -0.2) is 9.18 Å². The summed E-state index contributed by atoms with van der Waals surface area (Å²) in [6.07, 6.45) is 0.354. The van der Waals surface area contributed by atoms with Crippen LogP contribution in [0, 0.1) is 5.82 Å². The van der Waals surface area contributed by atoms with Crippen LogP contribution >= 0.6 is 11.8 Å². The highest BCUT2D eigenvalue weighted by molar-refractivity contribution is 8.00. The molecule has 0 saturated carbocycles. The lowest BCUT2D eigenvalue weighted by molar-refractivity contribution is -0.00677. The Morgan fingerprint density at radius 1 is 1.81 bits per heavy atom. The molecule has 1 aliphatic heterocycles. The highest BCUT2D eigenvalue weighted by Crippen LogP contribution is 2.30. The first-order valence-corrected chi connectivity index (χ1v) is 5.58. The van der Waals surface area contributed by atoms with Gasteiger partial charge in [-0.3, -0.25) is 4.57 Å². The number of halogens is 1. The van der Waals surface area contributed by atoms with E-state index < -0.39 is 29.0 Å². The van der Waals surface area contributed by atoms with Crippen molar-refractivity contribution in [2.45, 2.75) is 11.7 Å². The van der Waals surface area contributed by atoms with Crippen molar-refractivity contribution in [3.63, 3.8) is 0 Å². The summed E-state index contributed by atoms with van der Waals surface area (Å²) < 4.78 is 19.5. The minimum absolute atomic E-state index is 0.152. The molecule has 1 fully saturated rings. The summed E-state index contributed by atoms with van der Waals surface area (Å²) in [5.74, 6) is -0.734. The van der Waals surface area contributed by atoms with E-state index in [0.717, 1.165) is 10.8 Å². The fraction of sp³-hybridized carbons (Fsp3) is 0.500. The fourth-order valence-corrected chi connectivity index (χ4v) is 2.28. The summed E-state index contributed by atoms with van der Waals surface area (Å²) in [7, 11) is 0. The molecule has 8 heteroatoms. The van der Waals surface area contributed by atoms with E-state index in [-0.39, 0.29) is 6.61 Å². The molecule has 1 aromatic rings. The molecule has 0 amide bonds. The van der Waals surface area contributed by atoms with Crippen molar-refractivity contribution >= 4 is 17.6 Å². The number of aliphatic hydroxyl groups excluding tert-OH is 1. The Bertz CT molecular complexity index is 453. The monoisotopic (exact) mass is 247 g/mol. The Hall–Kier alpha value is -1.12. The SMILES string of the molecule is Nc1nc(=O)n([C@@H]2CSC(CO)O2)cc1F. The largest absolute Gasteiger partial charge is 0.393 e. The van der Waals surface area contributed by atoms with Gasteiger partial charge < -0.3 is 15.6 Å². The number of nitrogens with two attached hydrogens (primary N) is 1. The van der Waals surface area contributed by atoms with Crippen LogP contribution in [-0.4, -0.2) is 32.5 Å². The molecule has 0 aliphatic carbocycles. The summed E-state index contributed by atoms with van der Waals surface area (Å²) in [5.41, 5.74) is 4.10. The summed E-state index contributed by atoms with van der Waals surface area (Å²) in [6.45, 7) is -0.152. The summed E-state index contributed by atoms with van der Waals surface area (Å²) in [4.78, 5) is 14.8. The Morgan fingerprint density at radius 2 is 2.56 bits per heavy atom. The quantitative estimate of drug-likeness (QED) is 0.735. The minimum atomic E-state index is -0.763. The fourth-order valence-electron chi connectivity index (χ4n) is 1.35. The predicted octanol–water partition coefficient (Wildman–Crippen LogP) is -0.455. The Kier molecular flexibility index (Phi) is 3.13. The third-order valence-electron chi connectivity index (χ3n) is 2.13. The van der Waals surface area contributed by atoms with Crippen LogP contribution in [0.2, 0.25) is 0 Å². The molecular weight excluding hydrogens is 237 g/mol. The van der Waals surface area contributed by atoms with Crippen molar-refractivity contribution < 1.29 is 14.2 Å². The molecule has 0 radical (unpaired) electrons. The van der Waals surface area contributed by atoms with Gasteiger partial charge >= 0.3 is 5.69 Å². The highest BCUT2D eigenvalue weighted by Gasteiger charge is 2.27. The summed E-state index contributed by atoms with van der Waals surface area (Å²) in [6, 6.07) is 0. The lowest BCUT2D eigenvalue weighted by Gasteiger charge is -2.13. The van der Waals surface area contributed by atoms with Crippen LogP contribution < -0.4 is 11.4 Å². The summed E-state index contributed by atoms with van der Waals surface area (Å²) in [5, 5.41) is 8.86. The molecule has 1 unspecified atom stereocenters. The van der Waals surface area contributed by atoms with Crippen molar-refractivity contribution in [1.29, 1.82) is 0 Å². The molecule has 2 atom stereocenters. The molecule has 0 aromatic carbocycles. The van der Waals surface area contributed by atoms with Gasteiger partial charge in [0.2, 0.25) is 0 Å². The zero-order chi connectivity index (χ0) is 11.7. The molecule has 88 valence electrons. The number of aliphatic hydroxyl groups is 1. The van der Waals surface area contributed by atoms with Gasteiger partial charge in [-0.15, -0.1) is 11.8 Å². The van der Waals surface area contributed by atoms with E-state index in [1.807, 2.05) is 0 Å². The molecule has 16 heavy (non-hydrogen) atoms. The van der Waals surface area contributed by atoms with E-state index in [1.54, 1.807) is 0 Å². The van der Waals surface area contributed by atoms with Crippen LogP contribution in [-0.2, 0) is 4.74 Å². The zero-order valence-electron chi connectivity index (χ0n) is 8.17. The number of aromatic nitrogens is 2. The molecule has 1 saturated heterocycles. The lowest BCUT2D eigenvalue weighted by Crippen LogP contribution is -2.29. The molecule has 1 aromatic heterocycles. The first-order chi connectivity index (χ1) is 7.61. The normalized spacial score (nSPS) is 24.9. The second-order valence-corrected chi connectivity index (χ2v) is 4.39. The first kappa shape index (κ1) is 11.4. The third-order valence-corrected chi connectivity index (χ3v) is 3.24. The van der Waals surface area contributed by atoms with Gasteiger partial charge in [0.1, 0.15) is 11.7 Å². The second-order valence-electron chi connectivity index (χ2n) is 3.20. The number of anilines is 1. The summed E-state index contributed by atoms with van der Waals surface area (Å²) >= 11 is 1.35. The van der Waals surface area contributed by atoms with Crippen LogP contribution in [0.4, 0.5) is 10.2 Å². The first-order valence-electron chi connectivity index (χ1n) is 4.54. The molecule has 0 bridgehead atoms. The maximum Gasteiger partial charge on any atom is 0.351 e. The van der Waals surface area contributed by atoms with Crippen molar-refractivity contribution in [1.82, 2.24) is 9.55 Å². The number of hydrogen-bond acceptors (Lipinski definition) is 6. The third kappa shape index (κ3) is 2.04. The average molecular weight is 247 g/mol. The van der Waals surface area contributed by atoms with E-state index in [1.165, 1.54) is 11.8 Å². The van der Waals surface area contributed by atoms with Crippen molar-refractivity contribution in [2.24, 2.45) is 0 Å². The average Bonchev–Trinajstić information content (AvgIpc) is 2.71. The molecule has 2 heterocycles. The molecule has 3 N–H and O–H groups in total. The van der Waals surface area contributed by atoms with Gasteiger partial charge in [0.25, 0.3) is 0 Å². The van der Waals surface area contributed by atoms with Gasteiger partial charge in [0.05, 0.1) is 12.8 Å². The van der Waals surface area contributed by atoms with Crippen molar-refractivity contribution in [3.8, 4) is 0 Å². The van der Waals surface area contributed by atoms with Gasteiger partial charge in [-0.2, -0.15) is 4.98 Å². The van der Waals surface area contributed by atoms with Gasteiger partial charge in [-0.1, -0.05) is 0 Å². The Labute approximate surface area is 94.2 Å². The minimum Gasteiger partial charge on any atom is -0.393 e. The molecular formula is C8H10FN3O3S. The lowest BCUT2D eigenvalue weighted by atomic mass is 10.5. The predicted molar refractivity (Wildman–Crippen MR) is 56.3 cm³/mol. The molecule has 2 rings (SSSR count). The van der Waals surface area contributed by atoms with Crippen molar-refractivity contribution in [2.75, 3.05) is 18.1 Å². The van der Waals surface area contributed by atoms with Crippen LogP contribution in [0.15, 0.2) is 11.0 Å². The van der Waals surface area contributed by atoms with Crippen LogP contribution in [0.3, 0.4) is 0 Å². The smallest absolute Gasteiger partial charge is 0.351 e. The van der Waals surface area contributed by atoms with Crippen LogP contribution in [0.5, 0.6) is 0 Å². The Morgan fingerprint density at radius 3 is 3.19 bits per heavy atom. The Balaban J connectivity index is 2.28. The van der Waals surface area contributed by atoms with Crippen LogP contribution in [0.25, 0.3) is 0 Å². The standard InChI is InChI=1S/C8H10FN3O3S/c9-4-1-12(8(14)11-7(4)10)5-3-16-6(2-13)15-5/h1,5-6,13H,2-3H2,(H2,10,11,14)/t5-,6?/m0/s1. The van der Waals surface area contributed by atoms with Gasteiger partial charge in [0.15, 0.2) is 11.6 Å². The number of rotatable bonds is 2. The number of nitrogen functional groups attached to an aromatic ring is 1. The maximum atomic E-state index is 13.1. The van der Waals surface area contributed by atoms with Crippen LogP contribution in [0.1, 0.15) is 6.23 Å². The number of thioether (sulfide) groups is 1. The van der Waals surface area contributed by atoms with E-state index in [4.69, 9.17) is 15.6 Å². The van der Waals surface area contributed by atoms with Crippen molar-refractivity contribution in [3.05, 3.63) is 22.5 Å². The number of nitrogens with zero attached hydrogens (tertiary/aromatic N) is 2.